The number of para-hydroxylation sites is 1. The molecule has 2 heterocycles. The second kappa shape index (κ2) is 9.04. The number of nitrogens with zero attached hydrogens (tertiary/aromatic N) is 6. The summed E-state index contributed by atoms with van der Waals surface area (Å²) in [5.41, 5.74) is 2.29. The van der Waals surface area contributed by atoms with E-state index in [1.807, 2.05) is 48.5 Å². The van der Waals surface area contributed by atoms with Crippen molar-refractivity contribution in [1.82, 2.24) is 25.1 Å². The van der Waals surface area contributed by atoms with Crippen LogP contribution in [0.4, 0.5) is 5.95 Å². The normalized spacial score (nSPS) is 13.7. The molecule has 1 fully saturated rings. The molecule has 0 aliphatic carbocycles. The summed E-state index contributed by atoms with van der Waals surface area (Å²) in [6.07, 6.45) is 0. The van der Waals surface area contributed by atoms with Crippen LogP contribution in [0.3, 0.4) is 0 Å². The van der Waals surface area contributed by atoms with Crippen molar-refractivity contribution in [2.75, 3.05) is 31.1 Å². The lowest BCUT2D eigenvalue weighted by molar-refractivity contribution is 0.0742. The van der Waals surface area contributed by atoms with Crippen LogP contribution in [-0.2, 0) is 0 Å². The quantitative estimate of drug-likeness (QED) is 0.446. The number of anilines is 1. The molecule has 1 aliphatic heterocycles. The van der Waals surface area contributed by atoms with Crippen molar-refractivity contribution < 1.29 is 9.59 Å². The molecule has 3 aromatic carbocycles. The fourth-order valence-corrected chi connectivity index (χ4v) is 4.01. The zero-order valence-electron chi connectivity index (χ0n) is 17.9. The molecule has 0 bridgehead atoms. The van der Waals surface area contributed by atoms with Gasteiger partial charge in [-0.2, -0.15) is 4.68 Å². The third-order valence-electron chi connectivity index (χ3n) is 5.74. The van der Waals surface area contributed by atoms with Gasteiger partial charge in [-0.25, -0.2) is 0 Å². The van der Waals surface area contributed by atoms with Gasteiger partial charge < -0.3 is 9.80 Å². The van der Waals surface area contributed by atoms with Crippen molar-refractivity contribution in [2.24, 2.45) is 0 Å². The number of rotatable bonds is 5. The van der Waals surface area contributed by atoms with Gasteiger partial charge in [0.05, 0.1) is 11.3 Å². The number of carbonyl (C=O) groups excluding carboxylic acids is 2. The Kier molecular flexibility index (Phi) is 5.63. The summed E-state index contributed by atoms with van der Waals surface area (Å²) in [6.45, 7) is 2.20. The Morgan fingerprint density at radius 1 is 0.697 bits per heavy atom. The van der Waals surface area contributed by atoms with Gasteiger partial charge in [0, 0.05) is 37.3 Å². The van der Waals surface area contributed by atoms with Crippen molar-refractivity contribution in [3.05, 3.63) is 102 Å². The van der Waals surface area contributed by atoms with E-state index in [1.165, 1.54) is 0 Å². The molecule has 8 heteroatoms. The molecule has 0 N–H and O–H groups in total. The van der Waals surface area contributed by atoms with Crippen LogP contribution in [0, 0.1) is 0 Å². The van der Waals surface area contributed by atoms with Gasteiger partial charge in [-0.3, -0.25) is 9.59 Å². The van der Waals surface area contributed by atoms with Gasteiger partial charge in [0.1, 0.15) is 0 Å². The lowest BCUT2D eigenvalue weighted by Crippen LogP contribution is -2.49. The van der Waals surface area contributed by atoms with Crippen LogP contribution >= 0.6 is 0 Å². The summed E-state index contributed by atoms with van der Waals surface area (Å²) in [5.74, 6) is 0.352. The molecule has 5 rings (SSSR count). The van der Waals surface area contributed by atoms with Crippen LogP contribution in [-0.4, -0.2) is 63.0 Å². The Balaban J connectivity index is 1.32. The summed E-state index contributed by atoms with van der Waals surface area (Å²) in [5, 5.41) is 12.2. The third-order valence-corrected chi connectivity index (χ3v) is 5.74. The minimum absolute atomic E-state index is 0.141. The standard InChI is InChI=1S/C25H22N6O2/c32-23(19-9-3-1-4-10-19)21-13-7-8-14-22(21)24(33)29-15-17-30(18-16-29)25-26-27-28-31(25)20-11-5-2-6-12-20/h1-14H,15-18H2. The van der Waals surface area contributed by atoms with Crippen molar-refractivity contribution in [3.8, 4) is 5.69 Å². The predicted molar refractivity (Wildman–Crippen MR) is 124 cm³/mol. The third kappa shape index (κ3) is 4.10. The SMILES string of the molecule is O=C(c1ccccc1)c1ccccc1C(=O)N1CCN(c2nnnn2-c2ccccc2)CC1. The van der Waals surface area contributed by atoms with Crippen LogP contribution in [0.2, 0.25) is 0 Å². The average Bonchev–Trinajstić information content (AvgIpc) is 3.39. The summed E-state index contributed by atoms with van der Waals surface area (Å²) < 4.78 is 1.70. The summed E-state index contributed by atoms with van der Waals surface area (Å²) in [6, 6.07) is 25.7. The lowest BCUT2D eigenvalue weighted by atomic mass is 9.97. The minimum Gasteiger partial charge on any atom is -0.336 e. The largest absolute Gasteiger partial charge is 0.336 e. The van der Waals surface area contributed by atoms with E-state index in [2.05, 4.69) is 20.4 Å². The maximum Gasteiger partial charge on any atom is 0.254 e. The predicted octanol–water partition coefficient (Wildman–Crippen LogP) is 2.86. The van der Waals surface area contributed by atoms with Crippen molar-refractivity contribution in [3.63, 3.8) is 0 Å². The van der Waals surface area contributed by atoms with Crippen molar-refractivity contribution in [1.29, 1.82) is 0 Å². The highest BCUT2D eigenvalue weighted by molar-refractivity contribution is 6.15. The fraction of sp³-hybridized carbons (Fsp3) is 0.160. The summed E-state index contributed by atoms with van der Waals surface area (Å²) in [4.78, 5) is 30.2. The second-order valence-electron chi connectivity index (χ2n) is 7.75. The van der Waals surface area contributed by atoms with Gasteiger partial charge in [0.2, 0.25) is 5.95 Å². The van der Waals surface area contributed by atoms with E-state index in [-0.39, 0.29) is 11.7 Å². The van der Waals surface area contributed by atoms with E-state index in [0.29, 0.717) is 48.8 Å². The van der Waals surface area contributed by atoms with E-state index in [4.69, 9.17) is 0 Å². The van der Waals surface area contributed by atoms with E-state index in [1.54, 1.807) is 46.0 Å². The van der Waals surface area contributed by atoms with Gasteiger partial charge in [0.15, 0.2) is 5.78 Å². The Morgan fingerprint density at radius 2 is 1.30 bits per heavy atom. The highest BCUT2D eigenvalue weighted by Crippen LogP contribution is 2.20. The number of ketones is 1. The molecule has 0 atom stereocenters. The Morgan fingerprint density at radius 3 is 2.00 bits per heavy atom. The van der Waals surface area contributed by atoms with Crippen LogP contribution < -0.4 is 4.90 Å². The molecular weight excluding hydrogens is 416 g/mol. The second-order valence-corrected chi connectivity index (χ2v) is 7.75. The smallest absolute Gasteiger partial charge is 0.254 e. The molecule has 0 radical (unpaired) electrons. The molecule has 8 nitrogen and oxygen atoms in total. The summed E-state index contributed by atoms with van der Waals surface area (Å²) >= 11 is 0. The molecule has 0 saturated carbocycles. The molecule has 4 aromatic rings. The Hall–Kier alpha value is -4.33. The number of hydrogen-bond acceptors (Lipinski definition) is 6. The highest BCUT2D eigenvalue weighted by atomic mass is 16.2. The molecule has 1 aliphatic rings. The van der Waals surface area contributed by atoms with E-state index < -0.39 is 0 Å². The zero-order chi connectivity index (χ0) is 22.6. The maximum absolute atomic E-state index is 13.3. The average molecular weight is 438 g/mol. The first-order valence-corrected chi connectivity index (χ1v) is 10.8. The molecule has 164 valence electrons. The number of aromatic nitrogens is 4. The van der Waals surface area contributed by atoms with Gasteiger partial charge in [-0.1, -0.05) is 71.8 Å². The number of benzene rings is 3. The minimum atomic E-state index is -0.153. The lowest BCUT2D eigenvalue weighted by Gasteiger charge is -2.35. The van der Waals surface area contributed by atoms with Crippen molar-refractivity contribution in [2.45, 2.75) is 0 Å². The van der Waals surface area contributed by atoms with E-state index >= 15 is 0 Å². The Labute approximate surface area is 191 Å². The monoisotopic (exact) mass is 438 g/mol. The van der Waals surface area contributed by atoms with Crippen molar-refractivity contribution >= 4 is 17.6 Å². The maximum atomic E-state index is 13.3. The number of carbonyl (C=O) groups is 2. The number of tetrazole rings is 1. The van der Waals surface area contributed by atoms with Gasteiger partial charge in [-0.15, -0.1) is 0 Å². The zero-order valence-corrected chi connectivity index (χ0v) is 17.9. The van der Waals surface area contributed by atoms with E-state index in [0.717, 1.165) is 5.69 Å². The first kappa shape index (κ1) is 20.6. The molecule has 1 aromatic heterocycles. The molecular formula is C25H22N6O2. The fourth-order valence-electron chi connectivity index (χ4n) is 4.01. The molecule has 1 amide bonds. The van der Waals surface area contributed by atoms with Gasteiger partial charge in [-0.05, 0) is 28.6 Å². The molecule has 0 spiro atoms. The van der Waals surface area contributed by atoms with Crippen LogP contribution in [0.15, 0.2) is 84.9 Å². The van der Waals surface area contributed by atoms with E-state index in [9.17, 15) is 9.59 Å². The molecule has 0 unspecified atom stereocenters. The van der Waals surface area contributed by atoms with Gasteiger partial charge in [0.25, 0.3) is 5.91 Å². The number of hydrogen-bond donors (Lipinski definition) is 0. The number of piperazine rings is 1. The topological polar surface area (TPSA) is 84.2 Å². The number of amides is 1. The molecule has 33 heavy (non-hydrogen) atoms. The Bertz CT molecular complexity index is 1260. The highest BCUT2D eigenvalue weighted by Gasteiger charge is 2.27. The van der Waals surface area contributed by atoms with Crippen LogP contribution in [0.25, 0.3) is 5.69 Å². The summed E-state index contributed by atoms with van der Waals surface area (Å²) in [7, 11) is 0. The van der Waals surface area contributed by atoms with Crippen LogP contribution in [0.5, 0.6) is 0 Å². The first-order chi connectivity index (χ1) is 16.2. The van der Waals surface area contributed by atoms with Crippen LogP contribution in [0.1, 0.15) is 26.3 Å². The first-order valence-electron chi connectivity index (χ1n) is 10.8. The molecule has 1 saturated heterocycles. The van der Waals surface area contributed by atoms with Gasteiger partial charge >= 0.3 is 0 Å².